The first-order valence-electron chi connectivity index (χ1n) is 5.47. The number of carboxylic acid groups (broad SMARTS) is 1. The molecular weight excluding hydrogens is 287 g/mol. The van der Waals surface area contributed by atoms with Gasteiger partial charge in [0.1, 0.15) is 11.4 Å². The molecule has 0 aliphatic rings. The van der Waals surface area contributed by atoms with Crippen LogP contribution in [-0.4, -0.2) is 11.1 Å². The van der Waals surface area contributed by atoms with Crippen LogP contribution in [0.2, 0.25) is 5.02 Å². The molecule has 19 heavy (non-hydrogen) atoms. The fraction of sp³-hybridized carbons (Fsp3) is 0.0714. The molecule has 0 atom stereocenters. The van der Waals surface area contributed by atoms with Crippen molar-refractivity contribution in [2.75, 3.05) is 0 Å². The molecule has 98 valence electrons. The van der Waals surface area contributed by atoms with Crippen molar-refractivity contribution in [1.82, 2.24) is 0 Å². The summed E-state index contributed by atoms with van der Waals surface area (Å²) in [5, 5.41) is 9.63. The summed E-state index contributed by atoms with van der Waals surface area (Å²) in [7, 11) is 0. The van der Waals surface area contributed by atoms with Crippen molar-refractivity contribution in [2.24, 2.45) is 0 Å². The lowest BCUT2D eigenvalue weighted by molar-refractivity contribution is 0.0688. The molecule has 0 heterocycles. The van der Waals surface area contributed by atoms with E-state index in [1.807, 2.05) is 18.2 Å². The molecule has 0 fully saturated rings. The maximum atomic E-state index is 13.5. The van der Waals surface area contributed by atoms with Gasteiger partial charge >= 0.3 is 5.97 Å². The average Bonchev–Trinajstić information content (AvgIpc) is 2.37. The Bertz CT molecular complexity index is 616. The van der Waals surface area contributed by atoms with Crippen molar-refractivity contribution in [2.45, 2.75) is 10.6 Å². The monoisotopic (exact) mass is 296 g/mol. The summed E-state index contributed by atoms with van der Waals surface area (Å²) in [6.07, 6.45) is 0. The van der Waals surface area contributed by atoms with Gasteiger partial charge in [-0.2, -0.15) is 0 Å². The lowest BCUT2D eigenvalue weighted by Crippen LogP contribution is -2.02. The molecule has 0 saturated heterocycles. The number of rotatable bonds is 4. The molecule has 0 amide bonds. The summed E-state index contributed by atoms with van der Waals surface area (Å²) in [6.45, 7) is 0. The van der Waals surface area contributed by atoms with Crippen LogP contribution < -0.4 is 0 Å². The van der Waals surface area contributed by atoms with Crippen molar-refractivity contribution in [1.29, 1.82) is 0 Å². The number of aromatic carboxylic acids is 1. The van der Waals surface area contributed by atoms with Gasteiger partial charge in [-0.3, -0.25) is 0 Å². The second-order valence-electron chi connectivity index (χ2n) is 3.80. The fourth-order valence-electron chi connectivity index (χ4n) is 1.60. The number of halogens is 2. The van der Waals surface area contributed by atoms with Crippen LogP contribution in [0.25, 0.3) is 0 Å². The zero-order valence-corrected chi connectivity index (χ0v) is 11.3. The zero-order valence-electron chi connectivity index (χ0n) is 9.77. The number of benzene rings is 2. The van der Waals surface area contributed by atoms with Crippen LogP contribution in [0.5, 0.6) is 0 Å². The zero-order chi connectivity index (χ0) is 13.8. The van der Waals surface area contributed by atoms with Crippen molar-refractivity contribution < 1.29 is 14.3 Å². The first-order chi connectivity index (χ1) is 9.09. The Balaban J connectivity index is 2.23. The van der Waals surface area contributed by atoms with E-state index in [0.717, 1.165) is 11.6 Å². The molecular formula is C14H10ClFO2S. The molecule has 0 bridgehead atoms. The quantitative estimate of drug-likeness (QED) is 0.846. The molecule has 0 spiro atoms. The number of carbonyl (C=O) groups is 1. The second kappa shape index (κ2) is 6.08. The second-order valence-corrected chi connectivity index (χ2v) is 5.22. The first-order valence-corrected chi connectivity index (χ1v) is 6.84. The molecule has 1 N–H and O–H groups in total. The minimum absolute atomic E-state index is 0.292. The summed E-state index contributed by atoms with van der Waals surface area (Å²) in [5.74, 6) is -1.50. The van der Waals surface area contributed by atoms with E-state index in [0.29, 0.717) is 15.7 Å². The Kier molecular flexibility index (Phi) is 4.45. The fourth-order valence-corrected chi connectivity index (χ4v) is 2.95. The van der Waals surface area contributed by atoms with Gasteiger partial charge in [-0.25, -0.2) is 9.18 Å². The topological polar surface area (TPSA) is 37.3 Å². The predicted molar refractivity (Wildman–Crippen MR) is 74.4 cm³/mol. The van der Waals surface area contributed by atoms with Crippen molar-refractivity contribution in [3.05, 3.63) is 64.4 Å². The normalized spacial score (nSPS) is 10.4. The van der Waals surface area contributed by atoms with Crippen molar-refractivity contribution in [3.8, 4) is 0 Å². The van der Waals surface area contributed by atoms with E-state index in [4.69, 9.17) is 16.7 Å². The lowest BCUT2D eigenvalue weighted by Gasteiger charge is -2.07. The number of hydrogen-bond donors (Lipinski definition) is 1. The van der Waals surface area contributed by atoms with Crippen LogP contribution in [0.3, 0.4) is 0 Å². The number of hydrogen-bond acceptors (Lipinski definition) is 2. The molecule has 0 radical (unpaired) electrons. The molecule has 0 saturated carbocycles. The highest BCUT2D eigenvalue weighted by atomic mass is 35.5. The third-order valence-electron chi connectivity index (χ3n) is 2.53. The van der Waals surface area contributed by atoms with Gasteiger partial charge in [0, 0.05) is 15.7 Å². The van der Waals surface area contributed by atoms with Crippen LogP contribution in [0.4, 0.5) is 4.39 Å². The number of thioether (sulfide) groups is 1. The molecule has 0 aliphatic carbocycles. The molecule has 0 unspecified atom stereocenters. The highest BCUT2D eigenvalue weighted by molar-refractivity contribution is 7.98. The first kappa shape index (κ1) is 13.9. The van der Waals surface area contributed by atoms with Gasteiger partial charge in [0.05, 0.1) is 0 Å². The molecule has 5 heteroatoms. The largest absolute Gasteiger partial charge is 0.478 e. The lowest BCUT2D eigenvalue weighted by atomic mass is 10.2. The summed E-state index contributed by atoms with van der Waals surface area (Å²) >= 11 is 7.27. The van der Waals surface area contributed by atoms with Crippen molar-refractivity contribution in [3.63, 3.8) is 0 Å². The van der Waals surface area contributed by atoms with Crippen LogP contribution in [0.15, 0.2) is 47.4 Å². The maximum absolute atomic E-state index is 13.5. The van der Waals surface area contributed by atoms with E-state index in [2.05, 4.69) is 0 Å². The van der Waals surface area contributed by atoms with E-state index >= 15 is 0 Å². The van der Waals surface area contributed by atoms with Gasteiger partial charge in [-0.05, 0) is 23.8 Å². The van der Waals surface area contributed by atoms with Crippen LogP contribution in [-0.2, 0) is 5.75 Å². The van der Waals surface area contributed by atoms with Gasteiger partial charge < -0.3 is 5.11 Å². The molecule has 0 aromatic heterocycles. The third-order valence-corrected chi connectivity index (χ3v) is 4.01. The third kappa shape index (κ3) is 3.28. The molecule has 2 rings (SSSR count). The highest BCUT2D eigenvalue weighted by Crippen LogP contribution is 2.30. The van der Waals surface area contributed by atoms with E-state index in [9.17, 15) is 9.18 Å². The Labute approximate surface area is 119 Å². The van der Waals surface area contributed by atoms with E-state index in [1.54, 1.807) is 12.1 Å². The highest BCUT2D eigenvalue weighted by Gasteiger charge is 2.16. The van der Waals surface area contributed by atoms with Crippen LogP contribution >= 0.6 is 23.4 Å². The van der Waals surface area contributed by atoms with E-state index in [-0.39, 0.29) is 5.56 Å². The van der Waals surface area contributed by atoms with E-state index < -0.39 is 11.8 Å². The SMILES string of the molecule is O=C(O)c1c(F)cccc1SCc1ccccc1Cl. The molecule has 2 aromatic carbocycles. The minimum Gasteiger partial charge on any atom is -0.478 e. The molecule has 2 aromatic rings. The summed E-state index contributed by atoms with van der Waals surface area (Å²) in [6, 6.07) is 11.5. The Morgan fingerprint density at radius 1 is 1.21 bits per heavy atom. The van der Waals surface area contributed by atoms with E-state index in [1.165, 1.54) is 17.8 Å². The summed E-state index contributed by atoms with van der Waals surface area (Å²) in [4.78, 5) is 11.4. The van der Waals surface area contributed by atoms with Gasteiger partial charge in [-0.15, -0.1) is 11.8 Å². The minimum atomic E-state index is -1.26. The average molecular weight is 297 g/mol. The molecule has 2 nitrogen and oxygen atoms in total. The molecule has 0 aliphatic heterocycles. The van der Waals surface area contributed by atoms with Gasteiger partial charge in [-0.1, -0.05) is 35.9 Å². The van der Waals surface area contributed by atoms with Crippen LogP contribution in [0, 0.1) is 5.82 Å². The summed E-state index contributed by atoms with van der Waals surface area (Å²) < 4.78 is 13.5. The van der Waals surface area contributed by atoms with Crippen LogP contribution in [0.1, 0.15) is 15.9 Å². The smallest absolute Gasteiger partial charge is 0.339 e. The standard InChI is InChI=1S/C14H10ClFO2S/c15-10-5-2-1-4-9(10)8-19-12-7-3-6-11(16)13(12)14(17)18/h1-7H,8H2,(H,17,18). The Morgan fingerprint density at radius 2 is 1.95 bits per heavy atom. The predicted octanol–water partition coefficient (Wildman–Crippen LogP) is 4.47. The van der Waals surface area contributed by atoms with Gasteiger partial charge in [0.15, 0.2) is 0 Å². The van der Waals surface area contributed by atoms with Gasteiger partial charge in [0.2, 0.25) is 0 Å². The van der Waals surface area contributed by atoms with Crippen molar-refractivity contribution >= 4 is 29.3 Å². The Hall–Kier alpha value is -1.52. The Morgan fingerprint density at radius 3 is 2.63 bits per heavy atom. The van der Waals surface area contributed by atoms with Gasteiger partial charge in [0.25, 0.3) is 0 Å². The number of carboxylic acids is 1. The maximum Gasteiger partial charge on any atom is 0.339 e. The summed E-state index contributed by atoms with van der Waals surface area (Å²) in [5.41, 5.74) is 0.592.